The summed E-state index contributed by atoms with van der Waals surface area (Å²) < 4.78 is 29.0. The molecule has 0 radical (unpaired) electrons. The molecule has 0 spiro atoms. The first kappa shape index (κ1) is 21.3. The van der Waals surface area contributed by atoms with Crippen LogP contribution >= 0.6 is 0 Å². The zero-order valence-electron chi connectivity index (χ0n) is 18.7. The van der Waals surface area contributed by atoms with Gasteiger partial charge in [-0.1, -0.05) is 6.07 Å². The Morgan fingerprint density at radius 1 is 1.06 bits per heavy atom. The van der Waals surface area contributed by atoms with Gasteiger partial charge in [0.1, 0.15) is 24.4 Å². The van der Waals surface area contributed by atoms with Gasteiger partial charge in [-0.25, -0.2) is 9.37 Å². The van der Waals surface area contributed by atoms with Crippen LogP contribution in [0.5, 0.6) is 11.5 Å². The first-order valence-corrected chi connectivity index (χ1v) is 11.7. The Balaban J connectivity index is 1.07. The highest BCUT2D eigenvalue weighted by molar-refractivity contribution is 5.71. The Labute approximate surface area is 194 Å². The molecule has 178 valence electrons. The van der Waals surface area contributed by atoms with Gasteiger partial charge in [0, 0.05) is 37.3 Å². The van der Waals surface area contributed by atoms with Crippen molar-refractivity contribution in [2.45, 2.75) is 38.0 Å². The van der Waals surface area contributed by atoms with Gasteiger partial charge in [0.15, 0.2) is 17.3 Å². The summed E-state index contributed by atoms with van der Waals surface area (Å²) in [5, 5.41) is 3.47. The normalized spacial score (nSPS) is 20.2. The molecule has 3 aromatic rings. The summed E-state index contributed by atoms with van der Waals surface area (Å²) >= 11 is 0. The van der Waals surface area contributed by atoms with Crippen molar-refractivity contribution in [2.24, 2.45) is 0 Å². The van der Waals surface area contributed by atoms with Crippen LogP contribution < -0.4 is 25.9 Å². The van der Waals surface area contributed by atoms with Gasteiger partial charge < -0.3 is 19.7 Å². The second-order valence-corrected chi connectivity index (χ2v) is 9.13. The van der Waals surface area contributed by atoms with Gasteiger partial charge in [-0.05, 0) is 38.1 Å². The summed E-state index contributed by atoms with van der Waals surface area (Å²) in [5.41, 5.74) is 1.57. The first-order valence-electron chi connectivity index (χ1n) is 11.7. The van der Waals surface area contributed by atoms with E-state index in [2.05, 4.69) is 15.2 Å². The number of pyridine rings is 1. The Morgan fingerprint density at radius 3 is 2.74 bits per heavy atom. The Bertz CT molecular complexity index is 1360. The van der Waals surface area contributed by atoms with Crippen LogP contribution in [-0.4, -0.2) is 57.9 Å². The van der Waals surface area contributed by atoms with E-state index in [1.807, 2.05) is 0 Å². The van der Waals surface area contributed by atoms with Crippen LogP contribution in [0, 0.1) is 5.82 Å². The summed E-state index contributed by atoms with van der Waals surface area (Å²) in [6.07, 6.45) is 3.18. The molecule has 1 aromatic carbocycles. The average molecular weight is 468 g/mol. The van der Waals surface area contributed by atoms with Crippen LogP contribution in [0.15, 0.2) is 40.1 Å². The lowest BCUT2D eigenvalue weighted by molar-refractivity contribution is 0.163. The van der Waals surface area contributed by atoms with E-state index in [9.17, 15) is 14.0 Å². The second-order valence-electron chi connectivity index (χ2n) is 9.13. The summed E-state index contributed by atoms with van der Waals surface area (Å²) in [6, 6.07) is 6.88. The van der Waals surface area contributed by atoms with Gasteiger partial charge in [0.2, 0.25) is 0 Å². The van der Waals surface area contributed by atoms with Crippen molar-refractivity contribution >= 4 is 11.2 Å². The van der Waals surface area contributed by atoms with Gasteiger partial charge in [0.05, 0.1) is 12.2 Å². The largest absolute Gasteiger partial charge is 0.486 e. The van der Waals surface area contributed by atoms with E-state index in [0.29, 0.717) is 55.3 Å². The van der Waals surface area contributed by atoms with Crippen LogP contribution in [0.1, 0.15) is 24.4 Å². The van der Waals surface area contributed by atoms with Gasteiger partial charge in [-0.3, -0.25) is 18.7 Å². The number of nitrogens with zero attached hydrogens (tertiary/aromatic N) is 4. The number of benzene rings is 1. The van der Waals surface area contributed by atoms with Crippen molar-refractivity contribution in [1.82, 2.24) is 24.3 Å². The Kier molecular flexibility index (Phi) is 5.34. The minimum absolute atomic E-state index is 0.0931. The van der Waals surface area contributed by atoms with E-state index in [1.165, 1.54) is 12.3 Å². The summed E-state index contributed by atoms with van der Waals surface area (Å²) in [6.45, 7) is 4.14. The van der Waals surface area contributed by atoms with Crippen molar-refractivity contribution in [3.63, 3.8) is 0 Å². The standard InChI is InChI=1S/C24H26FN5O4/c25-22-15(1-3-19-23(22)34-10-9-33-19)11-26-16-5-7-28(8-6-16)13-17-14-29-20(31)4-2-18-24(29)30(17)21(32)12-27-18/h1-4,12,16-17,26H,5-11,13-14H2. The molecule has 1 atom stereocenters. The molecule has 0 aliphatic carbocycles. The summed E-state index contributed by atoms with van der Waals surface area (Å²) in [7, 11) is 0. The quantitative estimate of drug-likeness (QED) is 0.605. The Hall–Kier alpha value is -3.24. The average Bonchev–Trinajstić information content (AvgIpc) is 3.25. The SMILES string of the molecule is O=c1ccc2ncc(=O)n3c2n1CC3CN1CCC(NCc2ccc3c(c2F)OCCO3)CC1. The lowest BCUT2D eigenvalue weighted by atomic mass is 10.0. The predicted octanol–water partition coefficient (Wildman–Crippen LogP) is 1.28. The fourth-order valence-corrected chi connectivity index (χ4v) is 5.30. The van der Waals surface area contributed by atoms with Crippen LogP contribution in [0.2, 0.25) is 0 Å². The number of rotatable bonds is 5. The van der Waals surface area contributed by atoms with E-state index in [0.717, 1.165) is 25.9 Å². The van der Waals surface area contributed by atoms with Crippen LogP contribution in [0.25, 0.3) is 11.2 Å². The number of halogens is 1. The minimum Gasteiger partial charge on any atom is -0.486 e. The molecule has 5 heterocycles. The highest BCUT2D eigenvalue weighted by atomic mass is 19.1. The lowest BCUT2D eigenvalue weighted by Crippen LogP contribution is -2.44. The van der Waals surface area contributed by atoms with Gasteiger partial charge in [-0.15, -0.1) is 0 Å². The monoisotopic (exact) mass is 467 g/mol. The van der Waals surface area contributed by atoms with E-state index < -0.39 is 0 Å². The third kappa shape index (κ3) is 3.67. The van der Waals surface area contributed by atoms with Crippen molar-refractivity contribution in [1.29, 1.82) is 0 Å². The molecule has 10 heteroatoms. The molecule has 6 rings (SSSR count). The fourth-order valence-electron chi connectivity index (χ4n) is 5.30. The number of ether oxygens (including phenoxy) is 2. The van der Waals surface area contributed by atoms with Crippen molar-refractivity contribution in [3.05, 3.63) is 62.6 Å². The molecule has 1 N–H and O–H groups in total. The van der Waals surface area contributed by atoms with Crippen molar-refractivity contribution in [2.75, 3.05) is 32.8 Å². The molecular formula is C24H26FN5O4. The van der Waals surface area contributed by atoms with E-state index in [1.54, 1.807) is 27.3 Å². The van der Waals surface area contributed by atoms with E-state index in [4.69, 9.17) is 9.47 Å². The molecule has 1 unspecified atom stereocenters. The maximum atomic E-state index is 14.8. The summed E-state index contributed by atoms with van der Waals surface area (Å²) in [5.74, 6) is 0.312. The highest BCUT2D eigenvalue weighted by Gasteiger charge is 2.30. The van der Waals surface area contributed by atoms with Crippen molar-refractivity contribution in [3.8, 4) is 11.5 Å². The summed E-state index contributed by atoms with van der Waals surface area (Å²) in [4.78, 5) is 31.4. The molecule has 2 aromatic heterocycles. The van der Waals surface area contributed by atoms with Crippen LogP contribution in [0.3, 0.4) is 0 Å². The van der Waals surface area contributed by atoms with Crippen molar-refractivity contribution < 1.29 is 13.9 Å². The van der Waals surface area contributed by atoms with Crippen LogP contribution in [-0.2, 0) is 13.1 Å². The molecule has 0 bridgehead atoms. The zero-order chi connectivity index (χ0) is 23.2. The maximum Gasteiger partial charge on any atom is 0.270 e. The molecule has 1 saturated heterocycles. The zero-order valence-corrected chi connectivity index (χ0v) is 18.7. The predicted molar refractivity (Wildman–Crippen MR) is 123 cm³/mol. The third-order valence-electron chi connectivity index (χ3n) is 7.04. The number of piperidine rings is 1. The number of fused-ring (bicyclic) bond motifs is 1. The number of hydrogen-bond acceptors (Lipinski definition) is 7. The molecule has 0 amide bonds. The molecule has 1 fully saturated rings. The first-order chi connectivity index (χ1) is 16.6. The maximum absolute atomic E-state index is 14.8. The Morgan fingerprint density at radius 2 is 1.88 bits per heavy atom. The smallest absolute Gasteiger partial charge is 0.270 e. The van der Waals surface area contributed by atoms with Crippen LogP contribution in [0.4, 0.5) is 4.39 Å². The molecular weight excluding hydrogens is 441 g/mol. The van der Waals surface area contributed by atoms with E-state index >= 15 is 0 Å². The van der Waals surface area contributed by atoms with E-state index in [-0.39, 0.29) is 34.8 Å². The number of aromatic nitrogens is 3. The minimum atomic E-state index is -0.354. The second kappa shape index (κ2) is 8.52. The highest BCUT2D eigenvalue weighted by Crippen LogP contribution is 2.34. The molecule has 3 aliphatic heterocycles. The molecule has 0 saturated carbocycles. The number of hydrogen-bond donors (Lipinski definition) is 1. The van der Waals surface area contributed by atoms with Gasteiger partial charge in [0.25, 0.3) is 11.1 Å². The fraction of sp³-hybridized carbons (Fsp3) is 0.458. The third-order valence-corrected chi connectivity index (χ3v) is 7.04. The molecule has 3 aliphatic rings. The lowest BCUT2D eigenvalue weighted by Gasteiger charge is -2.34. The number of likely N-dealkylation sites (tertiary alicyclic amines) is 1. The van der Waals surface area contributed by atoms with Gasteiger partial charge >= 0.3 is 0 Å². The van der Waals surface area contributed by atoms with Gasteiger partial charge in [-0.2, -0.15) is 0 Å². The molecule has 34 heavy (non-hydrogen) atoms. The molecule has 9 nitrogen and oxygen atoms in total. The topological polar surface area (TPSA) is 90.6 Å². The number of nitrogens with one attached hydrogen (secondary N) is 1.